The molecule has 595 valence electrons. The third kappa shape index (κ3) is 20.1. The number of aliphatic hydroxyl groups excluding tert-OH is 1. The topological polar surface area (TPSA) is 355 Å². The Hall–Kier alpha value is -14.5. The molecular formula is C88H83BClN24O5. The van der Waals surface area contributed by atoms with Gasteiger partial charge in [0.15, 0.2) is 22.6 Å². The number of hydrogen-bond donors (Lipinski definition) is 3. The maximum atomic E-state index is 11.4. The van der Waals surface area contributed by atoms with Crippen LogP contribution in [0.3, 0.4) is 0 Å². The molecule has 0 amide bonds. The summed E-state index contributed by atoms with van der Waals surface area (Å²) >= 11 is 5.97. The zero-order valence-corrected chi connectivity index (χ0v) is 66.8. The van der Waals surface area contributed by atoms with E-state index in [2.05, 4.69) is 172 Å². The summed E-state index contributed by atoms with van der Waals surface area (Å²) in [4.78, 5) is 65.3. The lowest BCUT2D eigenvalue weighted by Crippen LogP contribution is -2.27. The molecule has 20 rings (SSSR count). The van der Waals surface area contributed by atoms with E-state index < -0.39 is 11.7 Å². The molecule has 0 spiro atoms. The van der Waals surface area contributed by atoms with Gasteiger partial charge in [-0.1, -0.05) is 86.8 Å². The van der Waals surface area contributed by atoms with Crippen molar-refractivity contribution in [1.29, 1.82) is 0 Å². The maximum Gasteiger partial charge on any atom is 0.435 e. The second kappa shape index (κ2) is 37.4. The first kappa shape index (κ1) is 81.1. The van der Waals surface area contributed by atoms with Crippen LogP contribution in [-0.4, -0.2) is 159 Å². The number of fused-ring (bicyclic) bond motifs is 8. The van der Waals surface area contributed by atoms with Gasteiger partial charge in [-0.2, -0.15) is 25.1 Å². The minimum atomic E-state index is -0.564. The van der Waals surface area contributed by atoms with E-state index in [1.807, 2.05) is 163 Å². The van der Waals surface area contributed by atoms with Crippen LogP contribution in [0.25, 0.3) is 122 Å². The van der Waals surface area contributed by atoms with Crippen molar-refractivity contribution in [2.24, 2.45) is 7.05 Å². The normalized spacial score (nSPS) is 11.1. The molecule has 0 bridgehead atoms. The van der Waals surface area contributed by atoms with Crippen molar-refractivity contribution in [2.45, 2.75) is 85.8 Å². The van der Waals surface area contributed by atoms with Crippen molar-refractivity contribution in [1.82, 2.24) is 118 Å². The summed E-state index contributed by atoms with van der Waals surface area (Å²) in [7, 11) is 2.77. The number of hydrogen-bond acceptors (Lipinski definition) is 20. The van der Waals surface area contributed by atoms with Crippen molar-refractivity contribution >= 4 is 119 Å². The van der Waals surface area contributed by atoms with E-state index in [-0.39, 0.29) is 12.1 Å². The lowest BCUT2D eigenvalue weighted by Gasteiger charge is -2.18. The second-order valence-corrected chi connectivity index (χ2v) is 29.0. The standard InChI is InChI=1S/C21H18N6O.C20H16N6.C19H14N6.C16H11ClN4.C8H12BN2O3.C4H10.H2O/c28-11-10-27-9-7-19(25-27)18-5-6-20-21(24-18)26(14-23-20)13-15-3-4-17-16(12-15)2-1-8-22-17;1-25-10-8-18(24-25)17-6-7-19-20(23-17)26(13-22-19)12-14-4-5-16-15(11-14)3-2-9-21-16;1-2-14-10-13(3-4-15(14)20-8-1)11-25-12-21-18-6-5-16(23-19(18)25)17-7-9-22-24-17;17-15-6-5-14-16(20-15)21(10-19-14)9-11-3-4-13-12(8-11)2-1-7-18-13;1-8(2,3)14-7(12)11-5-6(9-13)4-10-11;1-3-4-2;/h1-9,12,14,28H,10-11,13H2;2-11,13H,12H2,1H3;1-10,12H,11H2,(H,22,24);1-8,10H,9H2;4-5,13H,1-3H3;3-4H2,1-2H3;1H2. The van der Waals surface area contributed by atoms with Crippen LogP contribution in [0.15, 0.2) is 269 Å². The highest BCUT2D eigenvalue weighted by atomic mass is 35.5. The summed E-state index contributed by atoms with van der Waals surface area (Å²) in [5.41, 5.74) is 20.4. The van der Waals surface area contributed by atoms with Crippen LogP contribution < -0.4 is 5.46 Å². The Morgan fingerprint density at radius 2 is 0.874 bits per heavy atom. The van der Waals surface area contributed by atoms with Crippen molar-refractivity contribution in [2.75, 3.05) is 6.61 Å². The lowest BCUT2D eigenvalue weighted by molar-refractivity contribution is 0.0514. The fraction of sp³-hybridized carbons (Fsp3) is 0.170. The molecule has 29 nitrogen and oxygen atoms in total. The fourth-order valence-corrected chi connectivity index (χ4v) is 12.9. The van der Waals surface area contributed by atoms with Crippen molar-refractivity contribution in [3.63, 3.8) is 0 Å². The van der Waals surface area contributed by atoms with Gasteiger partial charge in [0.1, 0.15) is 44.2 Å². The summed E-state index contributed by atoms with van der Waals surface area (Å²) in [6, 6.07) is 62.4. The fourth-order valence-electron chi connectivity index (χ4n) is 12.8. The molecule has 16 heterocycles. The first-order valence-electron chi connectivity index (χ1n) is 38.2. The van der Waals surface area contributed by atoms with Crippen LogP contribution in [0, 0.1) is 0 Å². The van der Waals surface area contributed by atoms with Crippen molar-refractivity contribution in [3.8, 4) is 34.2 Å². The largest absolute Gasteiger partial charge is 0.450 e. The number of H-pyrrole nitrogens is 1. The number of ether oxygens (including phenoxy) is 1. The Kier molecular flexibility index (Phi) is 25.5. The van der Waals surface area contributed by atoms with Gasteiger partial charge in [0.25, 0.3) is 0 Å². The number of unbranched alkanes of at least 4 members (excludes halogenated alkanes) is 1. The molecule has 31 heteroatoms. The van der Waals surface area contributed by atoms with Crippen LogP contribution in [-0.2, 0) is 44.5 Å². The van der Waals surface area contributed by atoms with E-state index in [1.165, 1.54) is 47.5 Å². The Morgan fingerprint density at radius 3 is 1.26 bits per heavy atom. The number of carbonyl (C=O) groups is 1. The molecule has 0 fully saturated rings. The quantitative estimate of drug-likeness (QED) is 0.0634. The van der Waals surface area contributed by atoms with Gasteiger partial charge < -0.3 is 38.6 Å². The summed E-state index contributed by atoms with van der Waals surface area (Å²) < 4.78 is 17.7. The molecule has 16 aromatic heterocycles. The highest BCUT2D eigenvalue weighted by Crippen LogP contribution is 2.27. The summed E-state index contributed by atoms with van der Waals surface area (Å²) in [5, 5.41) is 42.3. The maximum absolute atomic E-state index is 11.4. The Bertz CT molecular complexity index is 6820. The van der Waals surface area contributed by atoms with Gasteiger partial charge in [-0.25, -0.2) is 44.7 Å². The second-order valence-electron chi connectivity index (χ2n) is 28.6. The average Bonchev–Trinajstić information content (AvgIpc) is 1.70. The summed E-state index contributed by atoms with van der Waals surface area (Å²) in [6.45, 7) is 13.0. The first-order chi connectivity index (χ1) is 57.5. The van der Waals surface area contributed by atoms with Crippen LogP contribution in [0.2, 0.25) is 5.15 Å². The minimum absolute atomic E-state index is 0. The third-order valence-corrected chi connectivity index (χ3v) is 18.9. The van der Waals surface area contributed by atoms with Gasteiger partial charge in [0.2, 0.25) is 0 Å². The number of aryl methyl sites for hydroxylation is 1. The van der Waals surface area contributed by atoms with Gasteiger partial charge in [-0.15, -0.1) is 0 Å². The molecule has 20 aromatic rings. The van der Waals surface area contributed by atoms with Gasteiger partial charge in [-0.3, -0.25) is 34.4 Å². The van der Waals surface area contributed by atoms with E-state index in [4.69, 9.17) is 41.4 Å². The number of aromatic nitrogens is 24. The number of pyridine rings is 8. The summed E-state index contributed by atoms with van der Waals surface area (Å²) in [5.74, 6) is 0. The number of rotatable bonds is 15. The van der Waals surface area contributed by atoms with Crippen molar-refractivity contribution in [3.05, 3.63) is 297 Å². The molecule has 0 aliphatic heterocycles. The molecule has 0 saturated carbocycles. The Balaban J connectivity index is 0.000000122. The first-order valence-corrected chi connectivity index (χ1v) is 38.6. The predicted octanol–water partition coefficient (Wildman–Crippen LogP) is 14.3. The number of imidazole rings is 4. The third-order valence-electron chi connectivity index (χ3n) is 18.7. The summed E-state index contributed by atoms with van der Waals surface area (Å²) in [6.07, 6.45) is 24.8. The molecule has 1 radical (unpaired) electrons. The van der Waals surface area contributed by atoms with Crippen LogP contribution >= 0.6 is 11.6 Å². The smallest absolute Gasteiger partial charge is 0.435 e. The molecule has 0 aliphatic rings. The Labute approximate surface area is 688 Å². The van der Waals surface area contributed by atoms with Gasteiger partial charge in [-0.05, 0) is 188 Å². The number of nitrogens with one attached hydrogen (secondary N) is 1. The number of aromatic amines is 1. The van der Waals surface area contributed by atoms with E-state index in [1.54, 1.807) is 61.1 Å². The Morgan fingerprint density at radius 1 is 0.471 bits per heavy atom. The van der Waals surface area contributed by atoms with Crippen molar-refractivity contribution < 1.29 is 25.1 Å². The zero-order chi connectivity index (χ0) is 81.5. The van der Waals surface area contributed by atoms with E-state index >= 15 is 0 Å². The number of halogens is 1. The molecule has 0 saturated heterocycles. The number of carbonyl (C=O) groups excluding carboxylic acids is 1. The highest BCUT2D eigenvalue weighted by Gasteiger charge is 2.20. The predicted molar refractivity (Wildman–Crippen MR) is 462 cm³/mol. The highest BCUT2D eigenvalue weighted by molar-refractivity contribution is 6.45. The van der Waals surface area contributed by atoms with E-state index in [0.29, 0.717) is 43.3 Å². The minimum Gasteiger partial charge on any atom is -0.450 e. The zero-order valence-electron chi connectivity index (χ0n) is 66.0. The van der Waals surface area contributed by atoms with Crippen LogP contribution in [0.5, 0.6) is 0 Å². The molecule has 119 heavy (non-hydrogen) atoms. The van der Waals surface area contributed by atoms with E-state index in [0.717, 1.165) is 135 Å². The van der Waals surface area contributed by atoms with Crippen LogP contribution in [0.1, 0.15) is 69.7 Å². The average molecular weight is 1600 g/mol. The SMILES string of the molecule is CC(C)(C)OC(=O)n1cc([B]O)cn1.CCCC.Clc1ccc2ncn(Cc3ccc4ncccc4c3)c2n1.Cn1ccc(-c2ccc3ncn(Cc4ccc5ncccc5c4)c3n2)n1.O.OCCn1ccc(-c2ccc3ncn(Cc4ccc5ncccc5c4)c3n2)n1.c1cnc2ccc(Cn3cnc4ccc(-c5ccn[nH]5)nc43)cc2c1. The molecule has 0 unspecified atom stereocenters. The number of benzene rings is 4. The molecule has 0 atom stereocenters. The number of aliphatic hydroxyl groups is 1. The molecular weight excluding hydrogens is 1520 g/mol. The molecule has 5 N–H and O–H groups in total. The van der Waals surface area contributed by atoms with Gasteiger partial charge in [0.05, 0.1) is 109 Å². The van der Waals surface area contributed by atoms with Crippen LogP contribution in [0.4, 0.5) is 4.79 Å². The molecule has 0 aliphatic carbocycles. The molecule has 4 aromatic carbocycles. The monoisotopic (exact) mass is 1600 g/mol. The number of nitrogens with zero attached hydrogens (tertiary/aromatic N) is 23. The van der Waals surface area contributed by atoms with E-state index in [9.17, 15) is 4.79 Å². The van der Waals surface area contributed by atoms with Gasteiger partial charge >= 0.3 is 13.6 Å². The van der Waals surface area contributed by atoms with Gasteiger partial charge in [0, 0.05) is 84.4 Å². The lowest BCUT2D eigenvalue weighted by atomic mass is 9.93.